The number of hydrogen-bond acceptors (Lipinski definition) is 3. The molecule has 0 aliphatic carbocycles. The number of nitrogens with zero attached hydrogens (tertiary/aromatic N) is 1. The number of carbonyl (C=O) groups excluding carboxylic acids is 1. The number of urea groups is 1. The van der Waals surface area contributed by atoms with Gasteiger partial charge in [0, 0.05) is 13.1 Å². The normalized spacial score (nSPS) is 12.2. The van der Waals surface area contributed by atoms with Crippen molar-refractivity contribution in [3.05, 3.63) is 0 Å². The zero-order chi connectivity index (χ0) is 13.3. The second-order valence-corrected chi connectivity index (χ2v) is 3.98. The standard InChI is InChI=1S/C11H23N3O3/c1-4-6-9(10(15)16)13-11(17)12-7-8-14(3)5-2/h9H,4-8H2,1-3H3,(H,15,16)(H2,12,13,17)/t9-/m1/s1. The Hall–Kier alpha value is -1.30. The average Bonchev–Trinajstić information content (AvgIpc) is 2.28. The van der Waals surface area contributed by atoms with E-state index in [1.165, 1.54) is 0 Å². The first-order valence-corrected chi connectivity index (χ1v) is 5.96. The number of carboxylic acid groups (broad SMARTS) is 1. The minimum absolute atomic E-state index is 0.421. The molecule has 17 heavy (non-hydrogen) atoms. The lowest BCUT2D eigenvalue weighted by molar-refractivity contribution is -0.139. The minimum atomic E-state index is -0.993. The van der Waals surface area contributed by atoms with E-state index in [4.69, 9.17) is 5.11 Å². The van der Waals surface area contributed by atoms with Crippen LogP contribution in [0.15, 0.2) is 0 Å². The first kappa shape index (κ1) is 15.7. The van der Waals surface area contributed by atoms with Gasteiger partial charge >= 0.3 is 12.0 Å². The Morgan fingerprint density at radius 1 is 1.35 bits per heavy atom. The number of hydrogen-bond donors (Lipinski definition) is 3. The Morgan fingerprint density at radius 3 is 2.47 bits per heavy atom. The molecule has 0 aliphatic heterocycles. The van der Waals surface area contributed by atoms with E-state index in [-0.39, 0.29) is 0 Å². The number of amides is 2. The van der Waals surface area contributed by atoms with Gasteiger partial charge in [-0.2, -0.15) is 0 Å². The van der Waals surface area contributed by atoms with E-state index in [1.807, 2.05) is 20.9 Å². The second-order valence-electron chi connectivity index (χ2n) is 3.98. The summed E-state index contributed by atoms with van der Waals surface area (Å²) in [4.78, 5) is 24.3. The molecule has 0 heterocycles. The van der Waals surface area contributed by atoms with Gasteiger partial charge in [-0.1, -0.05) is 20.3 Å². The van der Waals surface area contributed by atoms with Crippen LogP contribution < -0.4 is 10.6 Å². The zero-order valence-corrected chi connectivity index (χ0v) is 10.8. The molecular weight excluding hydrogens is 222 g/mol. The minimum Gasteiger partial charge on any atom is -0.480 e. The smallest absolute Gasteiger partial charge is 0.326 e. The molecular formula is C11H23N3O3. The van der Waals surface area contributed by atoms with Gasteiger partial charge in [0.05, 0.1) is 0 Å². The molecule has 0 saturated carbocycles. The van der Waals surface area contributed by atoms with Gasteiger partial charge in [-0.25, -0.2) is 9.59 Å². The lowest BCUT2D eigenvalue weighted by Crippen LogP contribution is -2.47. The maximum atomic E-state index is 11.4. The summed E-state index contributed by atoms with van der Waals surface area (Å²) in [5.74, 6) is -0.993. The molecule has 3 N–H and O–H groups in total. The topological polar surface area (TPSA) is 81.7 Å². The molecule has 0 aromatic carbocycles. The van der Waals surface area contributed by atoms with E-state index in [1.54, 1.807) is 0 Å². The van der Waals surface area contributed by atoms with Crippen molar-refractivity contribution in [3.63, 3.8) is 0 Å². The summed E-state index contributed by atoms with van der Waals surface area (Å²) >= 11 is 0. The molecule has 100 valence electrons. The summed E-state index contributed by atoms with van der Waals surface area (Å²) in [5.41, 5.74) is 0. The van der Waals surface area contributed by atoms with Gasteiger partial charge in [0.2, 0.25) is 0 Å². The van der Waals surface area contributed by atoms with Gasteiger partial charge in [0.25, 0.3) is 0 Å². The van der Waals surface area contributed by atoms with Gasteiger partial charge in [-0.3, -0.25) is 0 Å². The predicted molar refractivity (Wildman–Crippen MR) is 66.0 cm³/mol. The fraction of sp³-hybridized carbons (Fsp3) is 0.818. The number of carbonyl (C=O) groups is 2. The van der Waals surface area contributed by atoms with E-state index in [0.29, 0.717) is 13.0 Å². The van der Waals surface area contributed by atoms with Gasteiger partial charge < -0.3 is 20.6 Å². The third-order valence-electron chi connectivity index (χ3n) is 2.50. The van der Waals surface area contributed by atoms with Gasteiger partial charge in [-0.15, -0.1) is 0 Å². The Kier molecular flexibility index (Phi) is 8.13. The number of rotatable bonds is 8. The highest BCUT2D eigenvalue weighted by atomic mass is 16.4. The van der Waals surface area contributed by atoms with Crippen molar-refractivity contribution < 1.29 is 14.7 Å². The van der Waals surface area contributed by atoms with Gasteiger partial charge in [0.1, 0.15) is 6.04 Å². The molecule has 0 aromatic rings. The lowest BCUT2D eigenvalue weighted by Gasteiger charge is -2.16. The van der Waals surface area contributed by atoms with Crippen LogP contribution in [0.3, 0.4) is 0 Å². The maximum absolute atomic E-state index is 11.4. The molecule has 2 amide bonds. The van der Waals surface area contributed by atoms with E-state index in [2.05, 4.69) is 15.5 Å². The number of nitrogens with one attached hydrogen (secondary N) is 2. The SMILES string of the molecule is CCC[C@@H](NC(=O)NCCN(C)CC)C(=O)O. The molecule has 6 nitrogen and oxygen atoms in total. The monoisotopic (exact) mass is 245 g/mol. The highest BCUT2D eigenvalue weighted by Crippen LogP contribution is 1.96. The second kappa shape index (κ2) is 8.81. The van der Waals surface area contributed by atoms with E-state index >= 15 is 0 Å². The van der Waals surface area contributed by atoms with Crippen LogP contribution >= 0.6 is 0 Å². The van der Waals surface area contributed by atoms with Crippen LogP contribution in [-0.2, 0) is 4.79 Å². The molecule has 0 fully saturated rings. The van der Waals surface area contributed by atoms with Crippen molar-refractivity contribution in [1.82, 2.24) is 15.5 Å². The van der Waals surface area contributed by atoms with Crippen molar-refractivity contribution >= 4 is 12.0 Å². The third kappa shape index (κ3) is 7.57. The summed E-state index contributed by atoms with van der Waals surface area (Å²) in [6.45, 7) is 6.08. The fourth-order valence-electron chi connectivity index (χ4n) is 1.27. The average molecular weight is 245 g/mol. The molecule has 0 aliphatic rings. The summed E-state index contributed by atoms with van der Waals surface area (Å²) < 4.78 is 0. The Labute approximate surface area is 102 Å². The van der Waals surface area contributed by atoms with E-state index < -0.39 is 18.0 Å². The van der Waals surface area contributed by atoms with Crippen LogP contribution in [0.4, 0.5) is 4.79 Å². The van der Waals surface area contributed by atoms with Crippen LogP contribution in [0.2, 0.25) is 0 Å². The molecule has 0 aromatic heterocycles. The van der Waals surface area contributed by atoms with Crippen molar-refractivity contribution in [1.29, 1.82) is 0 Å². The van der Waals surface area contributed by atoms with Crippen molar-refractivity contribution in [2.75, 3.05) is 26.7 Å². The Balaban J connectivity index is 3.86. The maximum Gasteiger partial charge on any atom is 0.326 e. The molecule has 6 heteroatoms. The van der Waals surface area contributed by atoms with Crippen LogP contribution in [0.1, 0.15) is 26.7 Å². The Morgan fingerprint density at radius 2 is 2.00 bits per heavy atom. The van der Waals surface area contributed by atoms with Gasteiger partial charge in [-0.05, 0) is 20.0 Å². The summed E-state index contributed by atoms with van der Waals surface area (Å²) in [7, 11) is 1.96. The molecule has 0 unspecified atom stereocenters. The fourth-order valence-corrected chi connectivity index (χ4v) is 1.27. The van der Waals surface area contributed by atoms with E-state index in [9.17, 15) is 9.59 Å². The molecule has 0 radical (unpaired) electrons. The largest absolute Gasteiger partial charge is 0.480 e. The summed E-state index contributed by atoms with van der Waals surface area (Å²) in [5, 5.41) is 13.9. The van der Waals surface area contributed by atoms with Crippen LogP contribution in [0, 0.1) is 0 Å². The number of aliphatic carboxylic acids is 1. The van der Waals surface area contributed by atoms with Crippen molar-refractivity contribution in [2.45, 2.75) is 32.7 Å². The zero-order valence-electron chi connectivity index (χ0n) is 10.8. The van der Waals surface area contributed by atoms with E-state index in [0.717, 1.165) is 19.5 Å². The summed E-state index contributed by atoms with van der Waals surface area (Å²) in [6.07, 6.45) is 1.16. The number of likely N-dealkylation sites (N-methyl/N-ethyl adjacent to an activating group) is 1. The highest BCUT2D eigenvalue weighted by Gasteiger charge is 2.18. The lowest BCUT2D eigenvalue weighted by atomic mass is 10.2. The van der Waals surface area contributed by atoms with Crippen LogP contribution in [0.25, 0.3) is 0 Å². The summed E-state index contributed by atoms with van der Waals surface area (Å²) in [6, 6.07) is -1.22. The van der Waals surface area contributed by atoms with Crippen LogP contribution in [-0.4, -0.2) is 54.7 Å². The highest BCUT2D eigenvalue weighted by molar-refractivity contribution is 5.82. The van der Waals surface area contributed by atoms with Crippen LogP contribution in [0.5, 0.6) is 0 Å². The first-order valence-electron chi connectivity index (χ1n) is 5.96. The molecule has 0 rings (SSSR count). The third-order valence-corrected chi connectivity index (χ3v) is 2.50. The molecule has 0 saturated heterocycles. The number of carboxylic acids is 1. The molecule has 0 spiro atoms. The first-order chi connectivity index (χ1) is 8.01. The Bertz CT molecular complexity index is 246. The molecule has 1 atom stereocenters. The predicted octanol–water partition coefficient (Wildman–Crippen LogP) is 0.491. The quantitative estimate of drug-likeness (QED) is 0.581. The van der Waals surface area contributed by atoms with Crippen molar-refractivity contribution in [2.24, 2.45) is 0 Å². The van der Waals surface area contributed by atoms with Gasteiger partial charge in [0.15, 0.2) is 0 Å². The molecule has 0 bridgehead atoms. The van der Waals surface area contributed by atoms with Crippen molar-refractivity contribution in [3.8, 4) is 0 Å².